The van der Waals surface area contributed by atoms with Crippen molar-refractivity contribution in [2.75, 3.05) is 0 Å². The lowest BCUT2D eigenvalue weighted by atomic mass is 9.85. The van der Waals surface area contributed by atoms with E-state index in [0.717, 1.165) is 25.2 Å². The number of hydrogen-bond donors (Lipinski definition) is 0. The third kappa shape index (κ3) is 2.65. The van der Waals surface area contributed by atoms with Crippen LogP contribution in [0.1, 0.15) is 45.4 Å². The molecule has 2 atom stereocenters. The molecule has 1 aromatic rings. The highest BCUT2D eigenvalue weighted by Crippen LogP contribution is 2.43. The van der Waals surface area contributed by atoms with Gasteiger partial charge in [-0.15, -0.1) is 0 Å². The van der Waals surface area contributed by atoms with E-state index >= 15 is 0 Å². The molecule has 1 aromatic heterocycles. The molecule has 1 aliphatic rings. The van der Waals surface area contributed by atoms with Crippen molar-refractivity contribution < 1.29 is 0 Å². The van der Waals surface area contributed by atoms with Crippen molar-refractivity contribution in [1.29, 1.82) is 0 Å². The summed E-state index contributed by atoms with van der Waals surface area (Å²) in [5.74, 6) is 1.16. The van der Waals surface area contributed by atoms with E-state index < -0.39 is 0 Å². The van der Waals surface area contributed by atoms with Crippen LogP contribution in [0.5, 0.6) is 0 Å². The Balaban J connectivity index is 2.05. The Labute approximate surface area is 106 Å². The lowest BCUT2D eigenvalue weighted by molar-refractivity contribution is 0.320. The van der Waals surface area contributed by atoms with Gasteiger partial charge < -0.3 is 0 Å². The Morgan fingerprint density at radius 1 is 1.62 bits per heavy atom. The third-order valence-corrected chi connectivity index (χ3v) is 4.27. The first-order valence-electron chi connectivity index (χ1n) is 6.14. The van der Waals surface area contributed by atoms with Gasteiger partial charge in [0.2, 0.25) is 0 Å². The normalized spacial score (nSPS) is 29.8. The second kappa shape index (κ2) is 4.86. The van der Waals surface area contributed by atoms with E-state index in [0.29, 0.717) is 10.2 Å². The fourth-order valence-electron chi connectivity index (χ4n) is 2.61. The van der Waals surface area contributed by atoms with E-state index in [1.165, 1.54) is 19.3 Å². The van der Waals surface area contributed by atoms with Gasteiger partial charge in [0.05, 0.1) is 0 Å². The molecule has 2 unspecified atom stereocenters. The smallest absolute Gasteiger partial charge is 0.138 e. The molecule has 16 heavy (non-hydrogen) atoms. The Bertz CT molecular complexity index is 350. The maximum atomic E-state index is 4.41. The summed E-state index contributed by atoms with van der Waals surface area (Å²) in [5.41, 5.74) is 0.409. The van der Waals surface area contributed by atoms with Gasteiger partial charge >= 0.3 is 0 Å². The molecule has 0 saturated heterocycles. The summed E-state index contributed by atoms with van der Waals surface area (Å²) in [6.45, 7) is 5.54. The van der Waals surface area contributed by atoms with Crippen LogP contribution in [0.3, 0.4) is 0 Å². The molecule has 1 saturated carbocycles. The number of aryl methyl sites for hydroxylation is 1. The quantitative estimate of drug-likeness (QED) is 0.796. The number of rotatable bonds is 4. The van der Waals surface area contributed by atoms with E-state index in [-0.39, 0.29) is 0 Å². The maximum Gasteiger partial charge on any atom is 0.138 e. The minimum absolute atomic E-state index is 0.409. The molecule has 0 amide bonds. The van der Waals surface area contributed by atoms with Gasteiger partial charge in [-0.3, -0.25) is 4.68 Å². The van der Waals surface area contributed by atoms with Gasteiger partial charge in [-0.25, -0.2) is 4.98 Å². The van der Waals surface area contributed by atoms with Crippen molar-refractivity contribution in [2.45, 2.75) is 57.3 Å². The predicted molar refractivity (Wildman–Crippen MR) is 68.7 cm³/mol. The largest absolute Gasteiger partial charge is 0.250 e. The maximum absolute atomic E-state index is 4.41. The van der Waals surface area contributed by atoms with Gasteiger partial charge in [0, 0.05) is 17.8 Å². The van der Waals surface area contributed by atoms with Crippen LogP contribution in [0.2, 0.25) is 0 Å². The zero-order valence-corrected chi connectivity index (χ0v) is 11.7. The van der Waals surface area contributed by atoms with Crippen molar-refractivity contribution in [2.24, 2.45) is 5.41 Å². The van der Waals surface area contributed by atoms with Crippen LogP contribution in [-0.2, 0) is 13.0 Å². The molecule has 0 spiro atoms. The molecule has 1 heterocycles. The van der Waals surface area contributed by atoms with Crippen LogP contribution >= 0.6 is 15.9 Å². The lowest BCUT2D eigenvalue weighted by Gasteiger charge is -2.23. The average molecular weight is 286 g/mol. The van der Waals surface area contributed by atoms with Crippen molar-refractivity contribution in [3.63, 3.8) is 0 Å². The highest BCUT2D eigenvalue weighted by Gasteiger charge is 2.35. The fourth-order valence-corrected chi connectivity index (χ4v) is 3.62. The summed E-state index contributed by atoms with van der Waals surface area (Å²) in [6.07, 6.45) is 7.71. The first-order valence-corrected chi connectivity index (χ1v) is 7.05. The molecule has 0 aliphatic heterocycles. The second-order valence-electron chi connectivity index (χ2n) is 5.23. The molecule has 0 N–H and O–H groups in total. The molecular formula is C12H20BrN3. The summed E-state index contributed by atoms with van der Waals surface area (Å²) in [5, 5.41) is 4.29. The molecule has 1 aliphatic carbocycles. The van der Waals surface area contributed by atoms with E-state index in [1.54, 1.807) is 6.33 Å². The Hall–Kier alpha value is -0.380. The molecule has 0 aromatic carbocycles. The van der Waals surface area contributed by atoms with E-state index in [2.05, 4.69) is 44.5 Å². The minimum Gasteiger partial charge on any atom is -0.250 e. The van der Waals surface area contributed by atoms with Crippen molar-refractivity contribution in [1.82, 2.24) is 14.8 Å². The topological polar surface area (TPSA) is 30.7 Å². The number of halogens is 1. The first-order chi connectivity index (χ1) is 7.63. The summed E-state index contributed by atoms with van der Waals surface area (Å²) >= 11 is 3.72. The monoisotopic (exact) mass is 285 g/mol. The van der Waals surface area contributed by atoms with E-state index in [1.807, 2.05) is 0 Å². The molecule has 90 valence electrons. The number of hydrogen-bond acceptors (Lipinski definition) is 2. The minimum atomic E-state index is 0.409. The van der Waals surface area contributed by atoms with Gasteiger partial charge in [-0.2, -0.15) is 5.10 Å². The zero-order valence-electron chi connectivity index (χ0n) is 10.1. The Kier molecular flexibility index (Phi) is 3.67. The number of nitrogens with zero attached hydrogens (tertiary/aromatic N) is 3. The van der Waals surface area contributed by atoms with Crippen LogP contribution in [0.15, 0.2) is 6.33 Å². The van der Waals surface area contributed by atoms with Gasteiger partial charge in [0.1, 0.15) is 12.2 Å². The van der Waals surface area contributed by atoms with Crippen LogP contribution in [-0.4, -0.2) is 19.6 Å². The van der Waals surface area contributed by atoms with Crippen LogP contribution in [0, 0.1) is 5.41 Å². The van der Waals surface area contributed by atoms with Gasteiger partial charge in [-0.05, 0) is 31.1 Å². The highest BCUT2D eigenvalue weighted by molar-refractivity contribution is 9.09. The molecular weight excluding hydrogens is 266 g/mol. The second-order valence-corrected chi connectivity index (χ2v) is 6.52. The molecule has 3 nitrogen and oxygen atoms in total. The van der Waals surface area contributed by atoms with Crippen molar-refractivity contribution in [3.05, 3.63) is 12.2 Å². The Morgan fingerprint density at radius 2 is 2.44 bits per heavy atom. The van der Waals surface area contributed by atoms with Crippen molar-refractivity contribution in [3.8, 4) is 0 Å². The Morgan fingerprint density at radius 3 is 3.06 bits per heavy atom. The summed E-state index contributed by atoms with van der Waals surface area (Å²) in [7, 11) is 0. The molecule has 2 rings (SSSR count). The fraction of sp³-hybridized carbons (Fsp3) is 0.833. The van der Waals surface area contributed by atoms with Crippen molar-refractivity contribution >= 4 is 15.9 Å². The number of alkyl halides is 1. The SMILES string of the molecule is CCCn1ncnc1CC1(C)CCC(Br)C1. The van der Waals surface area contributed by atoms with E-state index in [9.17, 15) is 0 Å². The van der Waals surface area contributed by atoms with Crippen LogP contribution in [0.25, 0.3) is 0 Å². The van der Waals surface area contributed by atoms with Gasteiger partial charge in [-0.1, -0.05) is 29.8 Å². The zero-order chi connectivity index (χ0) is 11.6. The van der Waals surface area contributed by atoms with Gasteiger partial charge in [0.25, 0.3) is 0 Å². The standard InChI is InChI=1S/C12H20BrN3/c1-3-6-16-11(14-9-15-16)8-12(2)5-4-10(13)7-12/h9-10H,3-8H2,1-2H3. The average Bonchev–Trinajstić information content (AvgIpc) is 2.76. The van der Waals surface area contributed by atoms with E-state index in [4.69, 9.17) is 0 Å². The van der Waals surface area contributed by atoms with Crippen LogP contribution < -0.4 is 0 Å². The molecule has 0 bridgehead atoms. The molecule has 1 fully saturated rings. The summed E-state index contributed by atoms with van der Waals surface area (Å²) in [4.78, 5) is 5.10. The molecule has 4 heteroatoms. The lowest BCUT2D eigenvalue weighted by Crippen LogP contribution is -2.19. The summed E-state index contributed by atoms with van der Waals surface area (Å²) < 4.78 is 2.06. The highest BCUT2D eigenvalue weighted by atomic mass is 79.9. The number of aromatic nitrogens is 3. The van der Waals surface area contributed by atoms with Gasteiger partial charge in [0.15, 0.2) is 0 Å². The first kappa shape index (κ1) is 12.1. The molecule has 0 radical (unpaired) electrons. The summed E-state index contributed by atoms with van der Waals surface area (Å²) in [6, 6.07) is 0. The predicted octanol–water partition coefficient (Wildman–Crippen LogP) is 3.18. The third-order valence-electron chi connectivity index (χ3n) is 3.49. The van der Waals surface area contributed by atoms with Crippen LogP contribution in [0.4, 0.5) is 0 Å².